The van der Waals surface area contributed by atoms with E-state index >= 15 is 0 Å². The van der Waals surface area contributed by atoms with E-state index in [1.54, 1.807) is 12.2 Å². The average molecular weight is 437 g/mol. The molecule has 2 aliphatic heterocycles. The van der Waals surface area contributed by atoms with Gasteiger partial charge in [-0.1, -0.05) is 36.3 Å². The Hall–Kier alpha value is -2.89. The Morgan fingerprint density at radius 1 is 1.00 bits per heavy atom. The Kier molecular flexibility index (Phi) is 7.08. The van der Waals surface area contributed by atoms with Gasteiger partial charge in [0, 0.05) is 32.5 Å². The fourth-order valence-electron chi connectivity index (χ4n) is 5.06. The molecule has 0 unspecified atom stereocenters. The molecule has 2 heterocycles. The zero-order valence-corrected chi connectivity index (χ0v) is 18.6. The number of rotatable bonds is 9. The van der Waals surface area contributed by atoms with Crippen LogP contribution in [0.15, 0.2) is 35.9 Å². The number of benzene rings is 1. The third-order valence-electron chi connectivity index (χ3n) is 6.72. The summed E-state index contributed by atoms with van der Waals surface area (Å²) in [5, 5.41) is 9.50. The number of carboxylic acid groups (broad SMARTS) is 1. The highest BCUT2D eigenvalue weighted by atomic mass is 16.4. The van der Waals surface area contributed by atoms with Crippen LogP contribution in [0.3, 0.4) is 0 Å². The summed E-state index contributed by atoms with van der Waals surface area (Å²) in [4.78, 5) is 38.7. The molecule has 2 amide bonds. The van der Waals surface area contributed by atoms with Gasteiger partial charge in [-0.2, -0.15) is 0 Å². The number of hydrogen-bond acceptors (Lipinski definition) is 3. The van der Waals surface area contributed by atoms with E-state index in [2.05, 4.69) is 12.1 Å². The SMILES string of the molecule is O=C1C=CC=C(CCN(CCCCCc2cc3c4c(c2)CCC(=O)N4CCC3)C(=O)O)C1. The second-order valence-electron chi connectivity index (χ2n) is 9.07. The van der Waals surface area contributed by atoms with Gasteiger partial charge in [0.1, 0.15) is 0 Å². The molecule has 1 N–H and O–H groups in total. The summed E-state index contributed by atoms with van der Waals surface area (Å²) in [6, 6.07) is 4.56. The molecule has 1 aromatic carbocycles. The normalized spacial score (nSPS) is 17.2. The van der Waals surface area contributed by atoms with Gasteiger partial charge in [0.2, 0.25) is 5.91 Å². The molecular weight excluding hydrogens is 404 g/mol. The van der Waals surface area contributed by atoms with Crippen molar-refractivity contribution >= 4 is 23.5 Å². The first-order valence-corrected chi connectivity index (χ1v) is 11.8. The lowest BCUT2D eigenvalue weighted by atomic mass is 9.88. The Morgan fingerprint density at radius 3 is 2.59 bits per heavy atom. The number of hydrogen-bond donors (Lipinski definition) is 1. The molecule has 3 aliphatic rings. The van der Waals surface area contributed by atoms with E-state index in [0.717, 1.165) is 57.1 Å². The first kappa shape index (κ1) is 22.3. The molecule has 0 radical (unpaired) electrons. The second kappa shape index (κ2) is 10.2. The van der Waals surface area contributed by atoms with Gasteiger partial charge in [0.05, 0.1) is 5.69 Å². The molecule has 0 aromatic heterocycles. The van der Waals surface area contributed by atoms with Gasteiger partial charge < -0.3 is 14.9 Å². The number of carbonyl (C=O) groups is 3. The van der Waals surface area contributed by atoms with Crippen LogP contribution in [0.25, 0.3) is 0 Å². The molecule has 0 bridgehead atoms. The van der Waals surface area contributed by atoms with Crippen molar-refractivity contribution in [2.24, 2.45) is 0 Å². The Morgan fingerprint density at radius 2 is 1.81 bits per heavy atom. The third kappa shape index (κ3) is 5.29. The smallest absolute Gasteiger partial charge is 0.407 e. The van der Waals surface area contributed by atoms with Crippen LogP contribution in [-0.4, -0.2) is 47.4 Å². The first-order chi connectivity index (χ1) is 15.5. The molecule has 6 heteroatoms. The summed E-state index contributed by atoms with van der Waals surface area (Å²) >= 11 is 0. The maximum absolute atomic E-state index is 12.2. The first-order valence-electron chi connectivity index (χ1n) is 11.8. The van der Waals surface area contributed by atoms with Gasteiger partial charge >= 0.3 is 6.09 Å². The Balaban J connectivity index is 1.24. The van der Waals surface area contributed by atoms with Crippen molar-refractivity contribution in [3.8, 4) is 0 Å². The van der Waals surface area contributed by atoms with Crippen LogP contribution in [0.4, 0.5) is 10.5 Å². The molecule has 170 valence electrons. The lowest BCUT2D eigenvalue weighted by Crippen LogP contribution is -2.39. The number of aryl methyl sites for hydroxylation is 3. The van der Waals surface area contributed by atoms with Gasteiger partial charge in [-0.15, -0.1) is 0 Å². The molecule has 0 saturated carbocycles. The van der Waals surface area contributed by atoms with Crippen molar-refractivity contribution in [1.29, 1.82) is 0 Å². The average Bonchev–Trinajstić information content (AvgIpc) is 2.78. The van der Waals surface area contributed by atoms with Gasteiger partial charge in [0.25, 0.3) is 0 Å². The molecule has 0 saturated heterocycles. The van der Waals surface area contributed by atoms with E-state index in [-0.39, 0.29) is 11.7 Å². The van der Waals surface area contributed by atoms with Gasteiger partial charge in [0.15, 0.2) is 5.78 Å². The molecule has 4 rings (SSSR count). The van der Waals surface area contributed by atoms with Crippen molar-refractivity contribution in [1.82, 2.24) is 4.90 Å². The molecule has 6 nitrogen and oxygen atoms in total. The second-order valence-corrected chi connectivity index (χ2v) is 9.07. The number of nitrogens with zero attached hydrogens (tertiary/aromatic N) is 2. The van der Waals surface area contributed by atoms with Crippen molar-refractivity contribution < 1.29 is 19.5 Å². The Labute approximate surface area is 189 Å². The van der Waals surface area contributed by atoms with Crippen molar-refractivity contribution in [3.63, 3.8) is 0 Å². The minimum Gasteiger partial charge on any atom is -0.465 e. The fraction of sp³-hybridized carbons (Fsp3) is 0.500. The summed E-state index contributed by atoms with van der Waals surface area (Å²) in [6.45, 7) is 1.81. The lowest BCUT2D eigenvalue weighted by molar-refractivity contribution is -0.119. The minimum atomic E-state index is -0.892. The van der Waals surface area contributed by atoms with Crippen molar-refractivity contribution in [2.45, 2.75) is 64.2 Å². The van der Waals surface area contributed by atoms with Crippen LogP contribution >= 0.6 is 0 Å². The molecule has 1 aromatic rings. The highest BCUT2D eigenvalue weighted by Gasteiger charge is 2.29. The molecule has 1 aliphatic carbocycles. The van der Waals surface area contributed by atoms with Crippen LogP contribution < -0.4 is 4.90 Å². The van der Waals surface area contributed by atoms with Crippen molar-refractivity contribution in [2.75, 3.05) is 24.5 Å². The lowest BCUT2D eigenvalue weighted by Gasteiger charge is -2.35. The predicted octanol–water partition coefficient (Wildman–Crippen LogP) is 4.45. The molecular formula is C26H32N2O4. The minimum absolute atomic E-state index is 0.0833. The van der Waals surface area contributed by atoms with E-state index in [0.29, 0.717) is 32.4 Å². The number of ketones is 1. The Bertz CT molecular complexity index is 946. The zero-order chi connectivity index (χ0) is 22.5. The summed E-state index contributed by atoms with van der Waals surface area (Å²) in [6.07, 6.45) is 12.7. The highest BCUT2D eigenvalue weighted by molar-refractivity contribution is 5.97. The maximum Gasteiger partial charge on any atom is 0.407 e. The van der Waals surface area contributed by atoms with Crippen molar-refractivity contribution in [3.05, 3.63) is 52.6 Å². The number of unbranched alkanes of at least 4 members (excludes halogenated alkanes) is 2. The third-order valence-corrected chi connectivity index (χ3v) is 6.72. The molecule has 32 heavy (non-hydrogen) atoms. The largest absolute Gasteiger partial charge is 0.465 e. The summed E-state index contributed by atoms with van der Waals surface area (Å²) in [5.74, 6) is 0.344. The number of carbonyl (C=O) groups excluding carboxylic acids is 2. The van der Waals surface area contributed by atoms with Gasteiger partial charge in [-0.3, -0.25) is 9.59 Å². The number of amides is 2. The van der Waals surface area contributed by atoms with E-state index in [4.69, 9.17) is 0 Å². The topological polar surface area (TPSA) is 77.9 Å². The zero-order valence-electron chi connectivity index (χ0n) is 18.6. The molecule has 0 atom stereocenters. The summed E-state index contributed by atoms with van der Waals surface area (Å²) in [7, 11) is 0. The van der Waals surface area contributed by atoms with Gasteiger partial charge in [-0.05, 0) is 67.7 Å². The molecule has 0 fully saturated rings. The summed E-state index contributed by atoms with van der Waals surface area (Å²) in [5.41, 5.74) is 6.16. The maximum atomic E-state index is 12.2. The van der Waals surface area contributed by atoms with Crippen LogP contribution in [-0.2, 0) is 28.9 Å². The standard InChI is InChI=1S/C26H32N2O4/c29-23-9-4-7-19(18-23)12-15-27(26(31)32)13-3-1-2-6-20-16-21-8-5-14-28-24(30)11-10-22(17-20)25(21)28/h4,7,9,16-17H,1-3,5-6,8,10-15,18H2,(H,31,32). The van der Waals surface area contributed by atoms with E-state index in [1.807, 2.05) is 11.0 Å². The van der Waals surface area contributed by atoms with E-state index in [1.165, 1.54) is 27.3 Å². The predicted molar refractivity (Wildman–Crippen MR) is 124 cm³/mol. The van der Waals surface area contributed by atoms with Crippen LogP contribution in [0, 0.1) is 0 Å². The molecule has 0 spiro atoms. The number of allylic oxidation sites excluding steroid dienone is 3. The van der Waals surface area contributed by atoms with Crippen LogP contribution in [0.2, 0.25) is 0 Å². The van der Waals surface area contributed by atoms with Crippen LogP contribution in [0.1, 0.15) is 61.6 Å². The highest BCUT2D eigenvalue weighted by Crippen LogP contribution is 2.36. The van der Waals surface area contributed by atoms with E-state index < -0.39 is 6.09 Å². The monoisotopic (exact) mass is 436 g/mol. The van der Waals surface area contributed by atoms with E-state index in [9.17, 15) is 19.5 Å². The van der Waals surface area contributed by atoms with Crippen LogP contribution in [0.5, 0.6) is 0 Å². The quantitative estimate of drug-likeness (QED) is 0.580. The fourth-order valence-corrected chi connectivity index (χ4v) is 5.06. The number of anilines is 1. The van der Waals surface area contributed by atoms with Gasteiger partial charge in [-0.25, -0.2) is 4.79 Å². The summed E-state index contributed by atoms with van der Waals surface area (Å²) < 4.78 is 0.